The Hall–Kier alpha value is -0.830. The van der Waals surface area contributed by atoms with Gasteiger partial charge in [-0.05, 0) is 32.8 Å². The summed E-state index contributed by atoms with van der Waals surface area (Å²) in [6, 6.07) is 0. The number of carboxylic acid groups (broad SMARTS) is 1. The Morgan fingerprint density at radius 3 is 2.54 bits per heavy atom. The molecule has 0 bridgehead atoms. The van der Waals surface area contributed by atoms with Crippen molar-refractivity contribution in [2.45, 2.75) is 32.7 Å². The van der Waals surface area contributed by atoms with Crippen LogP contribution in [0, 0.1) is 0 Å². The Morgan fingerprint density at radius 1 is 1.54 bits per heavy atom. The van der Waals surface area contributed by atoms with Gasteiger partial charge in [-0.25, -0.2) is 4.79 Å². The highest BCUT2D eigenvalue weighted by molar-refractivity contribution is 5.80. The third-order valence-corrected chi connectivity index (χ3v) is 2.37. The number of hydrogen-bond acceptors (Lipinski definition) is 2. The van der Waals surface area contributed by atoms with Gasteiger partial charge in [0.2, 0.25) is 0 Å². The lowest BCUT2D eigenvalue weighted by molar-refractivity contribution is -0.131. The van der Waals surface area contributed by atoms with Gasteiger partial charge in [0.15, 0.2) is 0 Å². The molecular weight excluding hydrogens is 166 g/mol. The molecule has 1 fully saturated rings. The van der Waals surface area contributed by atoms with E-state index >= 15 is 0 Å². The van der Waals surface area contributed by atoms with Crippen LogP contribution in [0.2, 0.25) is 0 Å². The Morgan fingerprint density at radius 2 is 2.15 bits per heavy atom. The molecule has 0 spiro atoms. The van der Waals surface area contributed by atoms with Gasteiger partial charge < -0.3 is 5.11 Å². The first-order valence-corrected chi connectivity index (χ1v) is 4.57. The van der Waals surface area contributed by atoms with Crippen molar-refractivity contribution in [3.05, 3.63) is 11.6 Å². The maximum Gasteiger partial charge on any atom is 0.328 e. The summed E-state index contributed by atoms with van der Waals surface area (Å²) in [6.07, 6.45) is 2.23. The molecule has 0 amide bonds. The molecule has 1 heterocycles. The van der Waals surface area contributed by atoms with Gasteiger partial charge in [-0.15, -0.1) is 0 Å². The van der Waals surface area contributed by atoms with E-state index in [-0.39, 0.29) is 5.54 Å². The highest BCUT2D eigenvalue weighted by atomic mass is 16.4. The van der Waals surface area contributed by atoms with Crippen LogP contribution in [-0.2, 0) is 4.79 Å². The normalized spacial score (nSPS) is 22.5. The van der Waals surface area contributed by atoms with Crippen LogP contribution >= 0.6 is 0 Å². The molecule has 1 N–H and O–H groups in total. The van der Waals surface area contributed by atoms with Gasteiger partial charge in [0.05, 0.1) is 0 Å². The van der Waals surface area contributed by atoms with Crippen molar-refractivity contribution in [1.82, 2.24) is 4.90 Å². The molecule has 0 aromatic carbocycles. The molecule has 13 heavy (non-hydrogen) atoms. The Labute approximate surface area is 79.0 Å². The molecule has 1 aliphatic rings. The zero-order valence-corrected chi connectivity index (χ0v) is 8.50. The molecule has 1 rings (SSSR count). The minimum Gasteiger partial charge on any atom is -0.478 e. The molecule has 0 unspecified atom stereocenters. The van der Waals surface area contributed by atoms with Gasteiger partial charge >= 0.3 is 5.97 Å². The standard InChI is InChI=1S/C10H17NO2/c1-10(2,3)11-5-4-8(7-11)6-9(12)13/h6H,4-5,7H2,1-3H3,(H,12,13)/b8-6-. The van der Waals surface area contributed by atoms with Crippen molar-refractivity contribution >= 4 is 5.97 Å². The summed E-state index contributed by atoms with van der Waals surface area (Å²) in [4.78, 5) is 12.7. The third kappa shape index (κ3) is 2.84. The average Bonchev–Trinajstić information content (AvgIpc) is 2.32. The van der Waals surface area contributed by atoms with E-state index in [4.69, 9.17) is 5.11 Å². The predicted molar refractivity (Wildman–Crippen MR) is 51.7 cm³/mol. The van der Waals surface area contributed by atoms with E-state index in [0.717, 1.165) is 25.1 Å². The van der Waals surface area contributed by atoms with Crippen LogP contribution in [0.25, 0.3) is 0 Å². The summed E-state index contributed by atoms with van der Waals surface area (Å²) in [5, 5.41) is 8.57. The van der Waals surface area contributed by atoms with Crippen molar-refractivity contribution < 1.29 is 9.90 Å². The average molecular weight is 183 g/mol. The second-order valence-corrected chi connectivity index (χ2v) is 4.48. The summed E-state index contributed by atoms with van der Waals surface area (Å²) in [5.41, 5.74) is 1.18. The molecule has 0 saturated carbocycles. The largest absolute Gasteiger partial charge is 0.478 e. The lowest BCUT2D eigenvalue weighted by Gasteiger charge is -2.30. The van der Waals surface area contributed by atoms with Crippen LogP contribution in [0.3, 0.4) is 0 Å². The van der Waals surface area contributed by atoms with Crippen molar-refractivity contribution in [2.75, 3.05) is 13.1 Å². The first-order chi connectivity index (χ1) is 5.89. The molecule has 1 saturated heterocycles. The van der Waals surface area contributed by atoms with E-state index in [1.54, 1.807) is 0 Å². The second-order valence-electron chi connectivity index (χ2n) is 4.48. The van der Waals surface area contributed by atoms with Gasteiger partial charge in [-0.3, -0.25) is 4.90 Å². The summed E-state index contributed by atoms with van der Waals surface area (Å²) in [5.74, 6) is -0.828. The molecule has 74 valence electrons. The quantitative estimate of drug-likeness (QED) is 0.626. The summed E-state index contributed by atoms with van der Waals surface area (Å²) in [6.45, 7) is 8.22. The molecule has 3 heteroatoms. The van der Waals surface area contributed by atoms with Gasteiger partial charge in [0, 0.05) is 24.7 Å². The number of aliphatic carboxylic acids is 1. The molecule has 0 aliphatic carbocycles. The summed E-state index contributed by atoms with van der Waals surface area (Å²) in [7, 11) is 0. The molecule has 0 atom stereocenters. The fraction of sp³-hybridized carbons (Fsp3) is 0.700. The van der Waals surface area contributed by atoms with E-state index in [0.29, 0.717) is 0 Å². The Balaban J connectivity index is 2.60. The minimum atomic E-state index is -0.828. The zero-order chi connectivity index (χ0) is 10.1. The lowest BCUT2D eigenvalue weighted by Crippen LogP contribution is -2.38. The molecule has 0 aromatic heterocycles. The van der Waals surface area contributed by atoms with Crippen molar-refractivity contribution in [1.29, 1.82) is 0 Å². The lowest BCUT2D eigenvalue weighted by atomic mass is 10.1. The summed E-state index contributed by atoms with van der Waals surface area (Å²) < 4.78 is 0. The van der Waals surface area contributed by atoms with Gasteiger partial charge in [0.25, 0.3) is 0 Å². The highest BCUT2D eigenvalue weighted by Gasteiger charge is 2.26. The van der Waals surface area contributed by atoms with E-state index in [9.17, 15) is 4.79 Å². The van der Waals surface area contributed by atoms with Crippen LogP contribution in [0.5, 0.6) is 0 Å². The van der Waals surface area contributed by atoms with Crippen LogP contribution in [-0.4, -0.2) is 34.6 Å². The molecule has 3 nitrogen and oxygen atoms in total. The van der Waals surface area contributed by atoms with Gasteiger partial charge in [-0.1, -0.05) is 0 Å². The second kappa shape index (κ2) is 3.50. The first kappa shape index (κ1) is 10.3. The van der Waals surface area contributed by atoms with Gasteiger partial charge in [0.1, 0.15) is 0 Å². The van der Waals surface area contributed by atoms with E-state index in [1.807, 2.05) is 0 Å². The van der Waals surface area contributed by atoms with Crippen LogP contribution in [0.1, 0.15) is 27.2 Å². The number of carboxylic acids is 1. The van der Waals surface area contributed by atoms with Crippen LogP contribution in [0.15, 0.2) is 11.6 Å². The minimum absolute atomic E-state index is 0.147. The fourth-order valence-electron chi connectivity index (χ4n) is 1.55. The van der Waals surface area contributed by atoms with Crippen LogP contribution < -0.4 is 0 Å². The van der Waals surface area contributed by atoms with E-state index in [1.165, 1.54) is 6.08 Å². The zero-order valence-electron chi connectivity index (χ0n) is 8.50. The highest BCUT2D eigenvalue weighted by Crippen LogP contribution is 2.23. The summed E-state index contributed by atoms with van der Waals surface area (Å²) >= 11 is 0. The van der Waals surface area contributed by atoms with E-state index in [2.05, 4.69) is 25.7 Å². The fourth-order valence-corrected chi connectivity index (χ4v) is 1.55. The predicted octanol–water partition coefficient (Wildman–Crippen LogP) is 1.50. The molecule has 0 radical (unpaired) electrons. The monoisotopic (exact) mass is 183 g/mol. The topological polar surface area (TPSA) is 40.5 Å². The Bertz CT molecular complexity index is 238. The first-order valence-electron chi connectivity index (χ1n) is 4.57. The third-order valence-electron chi connectivity index (χ3n) is 2.37. The maximum atomic E-state index is 10.4. The maximum absolute atomic E-state index is 10.4. The molecular formula is C10H17NO2. The number of rotatable bonds is 1. The number of carbonyl (C=O) groups is 1. The van der Waals surface area contributed by atoms with Gasteiger partial charge in [-0.2, -0.15) is 0 Å². The van der Waals surface area contributed by atoms with Crippen LogP contribution in [0.4, 0.5) is 0 Å². The number of hydrogen-bond donors (Lipinski definition) is 1. The SMILES string of the molecule is CC(C)(C)N1CC/C(=C/C(=O)O)C1. The van der Waals surface area contributed by atoms with E-state index < -0.39 is 5.97 Å². The van der Waals surface area contributed by atoms with Crippen molar-refractivity contribution in [3.63, 3.8) is 0 Å². The number of likely N-dealkylation sites (tertiary alicyclic amines) is 1. The molecule has 1 aliphatic heterocycles. The van der Waals surface area contributed by atoms with Crippen molar-refractivity contribution in [2.24, 2.45) is 0 Å². The van der Waals surface area contributed by atoms with Crippen molar-refractivity contribution in [3.8, 4) is 0 Å². The Kier molecular flexibility index (Phi) is 2.76. The smallest absolute Gasteiger partial charge is 0.328 e. The molecule has 0 aromatic rings. The number of nitrogens with zero attached hydrogens (tertiary/aromatic N) is 1.